The number of carbonyl (C=O) groups is 2. The summed E-state index contributed by atoms with van der Waals surface area (Å²) < 4.78 is 2.19. The quantitative estimate of drug-likeness (QED) is 0.444. The predicted octanol–water partition coefficient (Wildman–Crippen LogP) is 4.72. The van der Waals surface area contributed by atoms with E-state index in [1.165, 1.54) is 0 Å². The molecule has 176 valence electrons. The molecule has 2 aliphatic rings. The van der Waals surface area contributed by atoms with E-state index in [9.17, 15) is 14.7 Å². The second-order valence-electron chi connectivity index (χ2n) is 9.57. The van der Waals surface area contributed by atoms with Gasteiger partial charge in [-0.1, -0.05) is 36.4 Å². The number of aromatic nitrogens is 3. The molecule has 1 aliphatic heterocycles. The normalized spacial score (nSPS) is 17.7. The third kappa shape index (κ3) is 4.18. The Bertz CT molecular complexity index is 1420. The molecule has 7 nitrogen and oxygen atoms in total. The van der Waals surface area contributed by atoms with Crippen LogP contribution in [0.25, 0.3) is 33.7 Å². The second-order valence-corrected chi connectivity index (χ2v) is 9.57. The molecule has 1 saturated heterocycles. The SMILES string of the molecule is O=C(O)c1cccc(-c2ccc(-c3nc4cccnc4n3CC3CCN(C(=O)C4CC4)C3)cc2)c1. The van der Waals surface area contributed by atoms with Crippen molar-refractivity contribution < 1.29 is 14.7 Å². The number of aromatic carboxylic acids is 1. The van der Waals surface area contributed by atoms with Crippen molar-refractivity contribution in [2.75, 3.05) is 13.1 Å². The minimum absolute atomic E-state index is 0.259. The van der Waals surface area contributed by atoms with Crippen molar-refractivity contribution in [3.8, 4) is 22.5 Å². The van der Waals surface area contributed by atoms with Crippen LogP contribution < -0.4 is 0 Å². The van der Waals surface area contributed by atoms with Crippen molar-refractivity contribution in [3.05, 3.63) is 72.4 Å². The van der Waals surface area contributed by atoms with Gasteiger partial charge in [0.1, 0.15) is 11.3 Å². The van der Waals surface area contributed by atoms with Gasteiger partial charge in [-0.15, -0.1) is 0 Å². The van der Waals surface area contributed by atoms with Gasteiger partial charge in [0.2, 0.25) is 5.91 Å². The zero-order chi connectivity index (χ0) is 23.9. The van der Waals surface area contributed by atoms with Crippen molar-refractivity contribution in [3.63, 3.8) is 0 Å². The highest BCUT2D eigenvalue weighted by Gasteiger charge is 2.36. The lowest BCUT2D eigenvalue weighted by atomic mass is 10.0. The molecule has 1 amide bonds. The number of carboxylic acids is 1. The number of hydrogen-bond acceptors (Lipinski definition) is 4. The first kappa shape index (κ1) is 21.5. The van der Waals surface area contributed by atoms with Crippen LogP contribution in [0, 0.1) is 11.8 Å². The molecular weight excluding hydrogens is 440 g/mol. The number of benzene rings is 2. The average Bonchev–Trinajstić information content (AvgIpc) is 3.53. The molecule has 6 rings (SSSR count). The summed E-state index contributed by atoms with van der Waals surface area (Å²) in [5.41, 5.74) is 4.76. The minimum atomic E-state index is -0.936. The molecule has 1 unspecified atom stereocenters. The molecule has 3 heterocycles. The predicted molar refractivity (Wildman–Crippen MR) is 133 cm³/mol. The van der Waals surface area contributed by atoms with Crippen molar-refractivity contribution in [2.24, 2.45) is 11.8 Å². The number of likely N-dealkylation sites (tertiary alicyclic amines) is 1. The van der Waals surface area contributed by atoms with E-state index in [-0.39, 0.29) is 11.5 Å². The monoisotopic (exact) mass is 466 g/mol. The van der Waals surface area contributed by atoms with E-state index >= 15 is 0 Å². The lowest BCUT2D eigenvalue weighted by Gasteiger charge is -2.17. The smallest absolute Gasteiger partial charge is 0.335 e. The summed E-state index contributed by atoms with van der Waals surface area (Å²) >= 11 is 0. The summed E-state index contributed by atoms with van der Waals surface area (Å²) in [4.78, 5) is 35.4. The summed E-state index contributed by atoms with van der Waals surface area (Å²) in [5, 5.41) is 9.30. The standard InChI is InChI=1S/C28H26N4O3/c33-27(21-10-11-21)31-14-12-18(16-31)17-32-25(30-24-5-2-13-29-26(24)32)20-8-6-19(7-9-20)22-3-1-4-23(15-22)28(34)35/h1-9,13,15,18,21H,10-12,14,16-17H2,(H,34,35). The summed E-state index contributed by atoms with van der Waals surface area (Å²) in [6, 6.07) is 18.9. The van der Waals surface area contributed by atoms with Crippen LogP contribution in [-0.2, 0) is 11.3 Å². The molecule has 35 heavy (non-hydrogen) atoms. The van der Waals surface area contributed by atoms with Crippen molar-refractivity contribution in [1.82, 2.24) is 19.4 Å². The number of amides is 1. The Balaban J connectivity index is 1.30. The minimum Gasteiger partial charge on any atom is -0.478 e. The molecule has 0 bridgehead atoms. The molecule has 4 aromatic rings. The maximum atomic E-state index is 12.5. The van der Waals surface area contributed by atoms with E-state index in [2.05, 4.69) is 9.55 Å². The first-order chi connectivity index (χ1) is 17.1. The number of hydrogen-bond donors (Lipinski definition) is 1. The van der Waals surface area contributed by atoms with Gasteiger partial charge in [0.05, 0.1) is 5.56 Å². The van der Waals surface area contributed by atoms with Gasteiger partial charge in [-0.25, -0.2) is 14.8 Å². The van der Waals surface area contributed by atoms with E-state index < -0.39 is 5.97 Å². The van der Waals surface area contributed by atoms with Crippen LogP contribution >= 0.6 is 0 Å². The Morgan fingerprint density at radius 2 is 1.74 bits per heavy atom. The topological polar surface area (TPSA) is 88.3 Å². The summed E-state index contributed by atoms with van der Waals surface area (Å²) in [7, 11) is 0. The zero-order valence-corrected chi connectivity index (χ0v) is 19.3. The van der Waals surface area contributed by atoms with Gasteiger partial charge in [0, 0.05) is 37.3 Å². The van der Waals surface area contributed by atoms with E-state index in [4.69, 9.17) is 4.98 Å². The molecule has 1 N–H and O–H groups in total. The maximum Gasteiger partial charge on any atom is 0.335 e. The number of carbonyl (C=O) groups excluding carboxylic acids is 1. The number of pyridine rings is 1. The van der Waals surface area contributed by atoms with Crippen LogP contribution in [0.2, 0.25) is 0 Å². The maximum absolute atomic E-state index is 12.5. The summed E-state index contributed by atoms with van der Waals surface area (Å²) in [6.45, 7) is 2.39. The van der Waals surface area contributed by atoms with Crippen LogP contribution in [0.15, 0.2) is 66.9 Å². The van der Waals surface area contributed by atoms with Gasteiger partial charge in [-0.3, -0.25) is 4.79 Å². The number of rotatable bonds is 6. The number of carboxylic acid groups (broad SMARTS) is 1. The Morgan fingerprint density at radius 1 is 0.943 bits per heavy atom. The Labute approximate surface area is 203 Å². The Kier molecular flexibility index (Phi) is 5.32. The van der Waals surface area contributed by atoms with E-state index in [1.54, 1.807) is 24.4 Å². The van der Waals surface area contributed by atoms with Gasteiger partial charge < -0.3 is 14.6 Å². The summed E-state index contributed by atoms with van der Waals surface area (Å²) in [5.74, 6) is 0.873. The number of fused-ring (bicyclic) bond motifs is 1. The highest BCUT2D eigenvalue weighted by Crippen LogP contribution is 2.34. The van der Waals surface area contributed by atoms with Crippen molar-refractivity contribution in [2.45, 2.75) is 25.8 Å². The Hall–Kier alpha value is -4.00. The highest BCUT2D eigenvalue weighted by atomic mass is 16.4. The molecule has 1 aliphatic carbocycles. The number of imidazole rings is 1. The van der Waals surface area contributed by atoms with Crippen LogP contribution in [0.1, 0.15) is 29.6 Å². The lowest BCUT2D eigenvalue weighted by Crippen LogP contribution is -2.30. The van der Waals surface area contributed by atoms with E-state index in [0.29, 0.717) is 11.8 Å². The molecule has 1 saturated carbocycles. The first-order valence-corrected chi connectivity index (χ1v) is 12.1. The molecule has 1 atom stereocenters. The van der Waals surface area contributed by atoms with Gasteiger partial charge in [0.15, 0.2) is 5.65 Å². The molecular formula is C28H26N4O3. The van der Waals surface area contributed by atoms with Crippen molar-refractivity contribution in [1.29, 1.82) is 0 Å². The fraction of sp³-hybridized carbons (Fsp3) is 0.286. The van der Waals surface area contributed by atoms with E-state index in [0.717, 1.165) is 72.6 Å². The second kappa shape index (κ2) is 8.65. The van der Waals surface area contributed by atoms with Crippen LogP contribution in [0.5, 0.6) is 0 Å². The third-order valence-electron chi connectivity index (χ3n) is 7.05. The molecule has 2 aromatic heterocycles. The van der Waals surface area contributed by atoms with Gasteiger partial charge in [0.25, 0.3) is 0 Å². The largest absolute Gasteiger partial charge is 0.478 e. The van der Waals surface area contributed by atoms with Crippen LogP contribution in [0.3, 0.4) is 0 Å². The zero-order valence-electron chi connectivity index (χ0n) is 19.3. The Morgan fingerprint density at radius 3 is 2.51 bits per heavy atom. The van der Waals surface area contributed by atoms with Gasteiger partial charge in [-0.2, -0.15) is 0 Å². The van der Waals surface area contributed by atoms with Gasteiger partial charge in [-0.05, 0) is 60.6 Å². The molecule has 2 aromatic carbocycles. The number of nitrogens with zero attached hydrogens (tertiary/aromatic N) is 4. The lowest BCUT2D eigenvalue weighted by molar-refractivity contribution is -0.131. The van der Waals surface area contributed by atoms with E-state index in [1.807, 2.05) is 47.4 Å². The van der Waals surface area contributed by atoms with Gasteiger partial charge >= 0.3 is 5.97 Å². The molecule has 2 fully saturated rings. The fourth-order valence-electron chi connectivity index (χ4n) is 5.02. The molecule has 7 heteroatoms. The third-order valence-corrected chi connectivity index (χ3v) is 7.05. The summed E-state index contributed by atoms with van der Waals surface area (Å²) in [6.07, 6.45) is 4.86. The molecule has 0 spiro atoms. The first-order valence-electron chi connectivity index (χ1n) is 12.1. The van der Waals surface area contributed by atoms with Crippen LogP contribution in [-0.4, -0.2) is 49.5 Å². The van der Waals surface area contributed by atoms with Crippen LogP contribution in [0.4, 0.5) is 0 Å². The molecule has 0 radical (unpaired) electrons. The average molecular weight is 467 g/mol. The fourth-order valence-corrected chi connectivity index (χ4v) is 5.02. The van der Waals surface area contributed by atoms with Crippen molar-refractivity contribution >= 4 is 23.0 Å². The highest BCUT2D eigenvalue weighted by molar-refractivity contribution is 5.89.